The van der Waals surface area contributed by atoms with Crippen LogP contribution in [0, 0.1) is 0 Å². The third kappa shape index (κ3) is 3.37. The Balaban J connectivity index is 1.41. The second kappa shape index (κ2) is 7.61. The SMILES string of the molecule is O=C(Nc1scc(C2CCc3ccccc3C2)c1C(=O)O)c1ccc2c(c1)CCO2. The van der Waals surface area contributed by atoms with Gasteiger partial charge >= 0.3 is 5.97 Å². The van der Waals surface area contributed by atoms with E-state index in [4.69, 9.17) is 4.74 Å². The third-order valence-corrected chi connectivity index (χ3v) is 6.91. The van der Waals surface area contributed by atoms with Gasteiger partial charge in [-0.05, 0) is 71.0 Å². The molecule has 1 aromatic heterocycles. The number of benzene rings is 2. The summed E-state index contributed by atoms with van der Waals surface area (Å²) < 4.78 is 5.49. The van der Waals surface area contributed by atoms with Crippen molar-refractivity contribution in [2.24, 2.45) is 0 Å². The number of ether oxygens (including phenoxy) is 1. The van der Waals surface area contributed by atoms with Crippen LogP contribution in [0.5, 0.6) is 5.75 Å². The number of carbonyl (C=O) groups is 2. The summed E-state index contributed by atoms with van der Waals surface area (Å²) in [4.78, 5) is 24.9. The van der Waals surface area contributed by atoms with E-state index in [1.807, 2.05) is 23.6 Å². The molecule has 2 N–H and O–H groups in total. The first-order valence-electron chi connectivity index (χ1n) is 10.1. The maximum absolute atomic E-state index is 12.8. The molecule has 0 bridgehead atoms. The molecule has 0 spiro atoms. The quantitative estimate of drug-likeness (QED) is 0.630. The van der Waals surface area contributed by atoms with Gasteiger partial charge in [0.15, 0.2) is 0 Å². The van der Waals surface area contributed by atoms with E-state index in [1.54, 1.807) is 12.1 Å². The minimum Gasteiger partial charge on any atom is -0.493 e. The van der Waals surface area contributed by atoms with Gasteiger partial charge in [-0.3, -0.25) is 4.79 Å². The van der Waals surface area contributed by atoms with Gasteiger partial charge in [0, 0.05) is 12.0 Å². The van der Waals surface area contributed by atoms with Gasteiger partial charge in [-0.2, -0.15) is 0 Å². The van der Waals surface area contributed by atoms with Crippen LogP contribution < -0.4 is 10.1 Å². The Morgan fingerprint density at radius 3 is 2.73 bits per heavy atom. The second-order valence-corrected chi connectivity index (χ2v) is 8.66. The zero-order valence-corrected chi connectivity index (χ0v) is 17.1. The minimum absolute atomic E-state index is 0.144. The first-order valence-corrected chi connectivity index (χ1v) is 11.0. The molecule has 6 heteroatoms. The van der Waals surface area contributed by atoms with Gasteiger partial charge in [0.2, 0.25) is 0 Å². The largest absolute Gasteiger partial charge is 0.493 e. The van der Waals surface area contributed by atoms with Crippen molar-refractivity contribution >= 4 is 28.2 Å². The predicted molar refractivity (Wildman–Crippen MR) is 116 cm³/mol. The topological polar surface area (TPSA) is 75.6 Å². The number of carboxylic acid groups (broad SMARTS) is 1. The molecular formula is C24H21NO4S. The van der Waals surface area contributed by atoms with E-state index in [2.05, 4.69) is 17.4 Å². The Morgan fingerprint density at radius 1 is 1.07 bits per heavy atom. The van der Waals surface area contributed by atoms with Crippen LogP contribution in [0.15, 0.2) is 47.8 Å². The fourth-order valence-electron chi connectivity index (χ4n) is 4.45. The maximum atomic E-state index is 12.8. The van der Waals surface area contributed by atoms with E-state index < -0.39 is 5.97 Å². The molecule has 5 rings (SSSR count). The molecule has 0 radical (unpaired) electrons. The summed E-state index contributed by atoms with van der Waals surface area (Å²) in [5.41, 5.74) is 5.19. The van der Waals surface area contributed by atoms with Crippen LogP contribution >= 0.6 is 11.3 Å². The summed E-state index contributed by atoms with van der Waals surface area (Å²) in [7, 11) is 0. The molecule has 1 atom stereocenters. The smallest absolute Gasteiger partial charge is 0.339 e. The molecule has 2 aromatic carbocycles. The number of rotatable bonds is 4. The Labute approximate surface area is 178 Å². The van der Waals surface area contributed by atoms with Crippen LogP contribution in [0.3, 0.4) is 0 Å². The number of hydrogen-bond acceptors (Lipinski definition) is 4. The predicted octanol–water partition coefficient (Wildman–Crippen LogP) is 4.91. The average molecular weight is 420 g/mol. The molecule has 1 aliphatic heterocycles. The summed E-state index contributed by atoms with van der Waals surface area (Å²) in [5, 5.41) is 15.0. The Morgan fingerprint density at radius 2 is 1.90 bits per heavy atom. The van der Waals surface area contributed by atoms with Gasteiger partial charge in [0.05, 0.1) is 12.2 Å². The third-order valence-electron chi connectivity index (χ3n) is 6.00. The van der Waals surface area contributed by atoms with E-state index in [0.717, 1.165) is 42.6 Å². The number of nitrogens with one attached hydrogen (secondary N) is 1. The molecule has 0 saturated heterocycles. The first-order chi connectivity index (χ1) is 14.6. The van der Waals surface area contributed by atoms with Gasteiger partial charge in [0.25, 0.3) is 5.91 Å². The van der Waals surface area contributed by atoms with Crippen molar-refractivity contribution in [3.05, 3.63) is 81.2 Å². The van der Waals surface area contributed by atoms with Crippen molar-refractivity contribution in [2.45, 2.75) is 31.6 Å². The number of anilines is 1. The summed E-state index contributed by atoms with van der Waals surface area (Å²) in [5.74, 6) is -0.337. The normalized spacial score (nSPS) is 17.0. The molecule has 1 unspecified atom stereocenters. The molecule has 2 heterocycles. The van der Waals surface area contributed by atoms with E-state index >= 15 is 0 Å². The lowest BCUT2D eigenvalue weighted by molar-refractivity contribution is 0.0696. The van der Waals surface area contributed by atoms with Crippen LogP contribution in [-0.2, 0) is 19.3 Å². The molecule has 1 aliphatic carbocycles. The van der Waals surface area contributed by atoms with Gasteiger partial charge in [-0.15, -0.1) is 11.3 Å². The van der Waals surface area contributed by atoms with Crippen LogP contribution in [0.25, 0.3) is 0 Å². The van der Waals surface area contributed by atoms with E-state index in [1.165, 1.54) is 22.5 Å². The van der Waals surface area contributed by atoms with Crippen LogP contribution in [0.1, 0.15) is 55.3 Å². The maximum Gasteiger partial charge on any atom is 0.339 e. The Hall–Kier alpha value is -3.12. The minimum atomic E-state index is -0.997. The van der Waals surface area contributed by atoms with Crippen molar-refractivity contribution in [3.63, 3.8) is 0 Å². The van der Waals surface area contributed by atoms with Crippen LogP contribution in [0.4, 0.5) is 5.00 Å². The number of amides is 1. The molecule has 0 fully saturated rings. The van der Waals surface area contributed by atoms with Gasteiger partial charge < -0.3 is 15.2 Å². The highest BCUT2D eigenvalue weighted by Gasteiger charge is 2.28. The monoisotopic (exact) mass is 419 g/mol. The molecule has 1 amide bonds. The van der Waals surface area contributed by atoms with E-state index in [0.29, 0.717) is 17.2 Å². The fraction of sp³-hybridized carbons (Fsp3) is 0.250. The molecular weight excluding hydrogens is 398 g/mol. The molecule has 152 valence electrons. The lowest BCUT2D eigenvalue weighted by Gasteiger charge is -2.24. The summed E-state index contributed by atoms with van der Waals surface area (Å²) in [6.07, 6.45) is 3.45. The molecule has 30 heavy (non-hydrogen) atoms. The molecule has 3 aromatic rings. The van der Waals surface area contributed by atoms with Crippen molar-refractivity contribution in [1.82, 2.24) is 0 Å². The summed E-state index contributed by atoms with van der Waals surface area (Å²) in [6, 6.07) is 13.7. The van der Waals surface area contributed by atoms with Crippen LogP contribution in [-0.4, -0.2) is 23.6 Å². The van der Waals surface area contributed by atoms with Gasteiger partial charge in [-0.1, -0.05) is 24.3 Å². The number of aryl methyl sites for hydroxylation is 1. The zero-order chi connectivity index (χ0) is 20.7. The second-order valence-electron chi connectivity index (χ2n) is 7.78. The number of carboxylic acids is 1. The standard InChI is InChI=1S/C24H21NO4S/c26-22(18-7-8-20-17(12-18)9-10-29-20)25-23-21(24(27)28)19(13-30-23)16-6-5-14-3-1-2-4-15(14)11-16/h1-4,7-8,12-13,16H,5-6,9-11H2,(H,25,26)(H,27,28). The first kappa shape index (κ1) is 18.9. The fourth-order valence-corrected chi connectivity index (χ4v) is 5.48. The number of carbonyl (C=O) groups excluding carboxylic acids is 1. The highest BCUT2D eigenvalue weighted by Crippen LogP contribution is 2.40. The average Bonchev–Trinajstić information content (AvgIpc) is 3.39. The Bertz CT molecular complexity index is 1150. The number of aromatic carboxylic acids is 1. The van der Waals surface area contributed by atoms with Crippen molar-refractivity contribution in [3.8, 4) is 5.75 Å². The van der Waals surface area contributed by atoms with Crippen molar-refractivity contribution < 1.29 is 19.4 Å². The highest BCUT2D eigenvalue weighted by molar-refractivity contribution is 7.15. The van der Waals surface area contributed by atoms with Crippen molar-refractivity contribution in [2.75, 3.05) is 11.9 Å². The number of thiophene rings is 1. The number of fused-ring (bicyclic) bond motifs is 2. The van der Waals surface area contributed by atoms with E-state index in [9.17, 15) is 14.7 Å². The van der Waals surface area contributed by atoms with E-state index in [-0.39, 0.29) is 17.4 Å². The summed E-state index contributed by atoms with van der Waals surface area (Å²) in [6.45, 7) is 0.627. The Kier molecular flexibility index (Phi) is 4.79. The lowest BCUT2D eigenvalue weighted by Crippen LogP contribution is -2.17. The van der Waals surface area contributed by atoms with Gasteiger partial charge in [0.1, 0.15) is 10.8 Å². The van der Waals surface area contributed by atoms with Crippen LogP contribution in [0.2, 0.25) is 0 Å². The van der Waals surface area contributed by atoms with Gasteiger partial charge in [-0.25, -0.2) is 4.79 Å². The number of hydrogen-bond donors (Lipinski definition) is 2. The highest BCUT2D eigenvalue weighted by atomic mass is 32.1. The molecule has 0 saturated carbocycles. The molecule has 2 aliphatic rings. The summed E-state index contributed by atoms with van der Waals surface area (Å²) >= 11 is 1.29. The lowest BCUT2D eigenvalue weighted by atomic mass is 9.80. The zero-order valence-electron chi connectivity index (χ0n) is 16.3. The van der Waals surface area contributed by atoms with Crippen molar-refractivity contribution in [1.29, 1.82) is 0 Å². The molecule has 5 nitrogen and oxygen atoms in total.